The second kappa shape index (κ2) is 68.3. The Morgan fingerprint density at radius 2 is 0.531 bits per heavy atom. The second-order valence-corrected chi connectivity index (χ2v) is 22.3. The van der Waals surface area contributed by atoms with E-state index in [1.54, 1.807) is 6.08 Å². The van der Waals surface area contributed by atoms with Crippen molar-refractivity contribution in [1.82, 2.24) is 0 Å². The molecular formula is C75H126O6. The van der Waals surface area contributed by atoms with Crippen molar-refractivity contribution in [2.75, 3.05) is 13.2 Å². The molecule has 0 bridgehead atoms. The van der Waals surface area contributed by atoms with Crippen LogP contribution >= 0.6 is 0 Å². The Bertz CT molecular complexity index is 1670. The fraction of sp³-hybridized carbons (Fsp3) is 0.693. The number of ether oxygens (including phenoxy) is 3. The zero-order valence-electron chi connectivity index (χ0n) is 53.0. The zero-order valence-corrected chi connectivity index (χ0v) is 53.0. The molecule has 0 radical (unpaired) electrons. The van der Waals surface area contributed by atoms with Crippen molar-refractivity contribution in [3.8, 4) is 0 Å². The van der Waals surface area contributed by atoms with Crippen LogP contribution in [-0.2, 0) is 28.6 Å². The lowest BCUT2D eigenvalue weighted by atomic mass is 10.0. The number of esters is 3. The molecule has 0 aliphatic rings. The zero-order chi connectivity index (χ0) is 58.5. The van der Waals surface area contributed by atoms with Crippen LogP contribution in [0.3, 0.4) is 0 Å². The number of hydrogen-bond donors (Lipinski definition) is 0. The standard InChI is InChI=1S/C75H126O6/c1-4-7-10-13-16-19-22-25-28-30-31-32-33-34-35-36-37-38-39-40-41-42-43-45-47-50-53-56-59-62-65-68-74(77)80-71-72(70-79-73(76)67-64-61-58-55-52-49-46-27-24-21-18-15-12-9-6-3)81-75(78)69-66-63-60-57-54-51-48-44-29-26-23-20-17-14-11-8-5-2/h8-9,11-12,17-18,20-22,25-27,29-31,46,52,55,61,64,72H,4-7,10,13-16,19,23-24,28,32-45,47-51,53-54,56-60,62-63,65-71H2,1-3H3/b11-8-,12-9-,20-17-,21-18-,25-22-,29-26-,31-30-,46-27-,55-52-,64-61-. The van der Waals surface area contributed by atoms with Crippen LogP contribution in [0.15, 0.2) is 122 Å². The van der Waals surface area contributed by atoms with Crippen molar-refractivity contribution < 1.29 is 28.6 Å². The Morgan fingerprint density at radius 1 is 0.272 bits per heavy atom. The largest absolute Gasteiger partial charge is 0.462 e. The highest BCUT2D eigenvalue weighted by Crippen LogP contribution is 2.17. The Kier molecular flexibility index (Phi) is 64.8. The van der Waals surface area contributed by atoms with Crippen molar-refractivity contribution in [3.05, 3.63) is 122 Å². The maximum Gasteiger partial charge on any atom is 0.309 e. The van der Waals surface area contributed by atoms with Crippen molar-refractivity contribution in [3.63, 3.8) is 0 Å². The molecule has 0 saturated carbocycles. The van der Waals surface area contributed by atoms with E-state index in [0.717, 1.165) is 109 Å². The van der Waals surface area contributed by atoms with Gasteiger partial charge in [0.1, 0.15) is 13.2 Å². The van der Waals surface area contributed by atoms with Gasteiger partial charge >= 0.3 is 17.9 Å². The lowest BCUT2D eigenvalue weighted by molar-refractivity contribution is -0.166. The van der Waals surface area contributed by atoms with E-state index in [0.29, 0.717) is 12.8 Å². The first kappa shape index (κ1) is 76.8. The number of rotatable bonds is 61. The van der Waals surface area contributed by atoms with Gasteiger partial charge in [0, 0.05) is 12.8 Å². The van der Waals surface area contributed by atoms with Crippen LogP contribution in [0.1, 0.15) is 316 Å². The summed E-state index contributed by atoms with van der Waals surface area (Å²) in [5.74, 6) is -1.05. The first-order chi connectivity index (χ1) is 40.0. The molecule has 1 unspecified atom stereocenters. The summed E-state index contributed by atoms with van der Waals surface area (Å²) < 4.78 is 16.8. The van der Waals surface area contributed by atoms with Crippen LogP contribution in [0.4, 0.5) is 0 Å². The Balaban J connectivity index is 4.28. The van der Waals surface area contributed by atoms with Gasteiger partial charge in [0.2, 0.25) is 0 Å². The van der Waals surface area contributed by atoms with Crippen molar-refractivity contribution >= 4 is 17.9 Å². The molecule has 6 heteroatoms. The molecule has 0 fully saturated rings. The smallest absolute Gasteiger partial charge is 0.309 e. The summed E-state index contributed by atoms with van der Waals surface area (Å²) in [6.07, 6.45) is 95.4. The fourth-order valence-corrected chi connectivity index (χ4v) is 9.45. The summed E-state index contributed by atoms with van der Waals surface area (Å²) in [6, 6.07) is 0. The number of allylic oxidation sites excluding steroid dienone is 19. The first-order valence-electron chi connectivity index (χ1n) is 34.0. The molecule has 0 aliphatic carbocycles. The summed E-state index contributed by atoms with van der Waals surface area (Å²) in [4.78, 5) is 38.3. The van der Waals surface area contributed by atoms with Crippen molar-refractivity contribution in [2.45, 2.75) is 322 Å². The van der Waals surface area contributed by atoms with E-state index < -0.39 is 12.1 Å². The molecule has 0 aromatic carbocycles. The molecule has 0 aliphatic heterocycles. The number of carbonyl (C=O) groups excluding carboxylic acids is 3. The quantitative estimate of drug-likeness (QED) is 0.0261. The van der Waals surface area contributed by atoms with E-state index in [1.807, 2.05) is 6.08 Å². The molecule has 0 saturated heterocycles. The average Bonchev–Trinajstić information content (AvgIpc) is 3.47. The topological polar surface area (TPSA) is 78.9 Å². The van der Waals surface area contributed by atoms with Crippen LogP contribution in [0, 0.1) is 0 Å². The van der Waals surface area contributed by atoms with Gasteiger partial charge in [-0.3, -0.25) is 14.4 Å². The van der Waals surface area contributed by atoms with Crippen LogP contribution < -0.4 is 0 Å². The van der Waals surface area contributed by atoms with E-state index in [4.69, 9.17) is 14.2 Å². The number of carbonyl (C=O) groups is 3. The highest BCUT2D eigenvalue weighted by molar-refractivity contribution is 5.72. The van der Waals surface area contributed by atoms with Crippen molar-refractivity contribution in [2.24, 2.45) is 0 Å². The highest BCUT2D eigenvalue weighted by Gasteiger charge is 2.19. The third-order valence-corrected chi connectivity index (χ3v) is 14.5. The molecular weight excluding hydrogens is 997 g/mol. The predicted octanol–water partition coefficient (Wildman–Crippen LogP) is 23.6. The average molecular weight is 1120 g/mol. The molecule has 0 heterocycles. The molecule has 0 aromatic rings. The number of hydrogen-bond acceptors (Lipinski definition) is 6. The Labute approximate surface area is 501 Å². The summed E-state index contributed by atoms with van der Waals surface area (Å²) >= 11 is 0. The Morgan fingerprint density at radius 3 is 0.864 bits per heavy atom. The maximum atomic E-state index is 12.9. The fourth-order valence-electron chi connectivity index (χ4n) is 9.45. The van der Waals surface area contributed by atoms with E-state index in [9.17, 15) is 14.4 Å². The van der Waals surface area contributed by atoms with E-state index in [2.05, 4.69) is 130 Å². The molecule has 0 spiro atoms. The van der Waals surface area contributed by atoms with Gasteiger partial charge in [-0.1, -0.05) is 309 Å². The van der Waals surface area contributed by atoms with E-state index >= 15 is 0 Å². The van der Waals surface area contributed by atoms with Crippen molar-refractivity contribution in [1.29, 1.82) is 0 Å². The van der Waals surface area contributed by atoms with Gasteiger partial charge < -0.3 is 14.2 Å². The van der Waals surface area contributed by atoms with Crippen LogP contribution in [0.5, 0.6) is 0 Å². The minimum Gasteiger partial charge on any atom is -0.462 e. The van der Waals surface area contributed by atoms with Crippen LogP contribution in [0.25, 0.3) is 0 Å². The van der Waals surface area contributed by atoms with Gasteiger partial charge in [0.15, 0.2) is 6.10 Å². The van der Waals surface area contributed by atoms with Gasteiger partial charge in [-0.2, -0.15) is 0 Å². The lowest BCUT2D eigenvalue weighted by Crippen LogP contribution is -2.30. The van der Waals surface area contributed by atoms with E-state index in [-0.39, 0.29) is 31.6 Å². The minimum absolute atomic E-state index is 0.112. The third kappa shape index (κ3) is 66.5. The van der Waals surface area contributed by atoms with Crippen LogP contribution in [-0.4, -0.2) is 37.2 Å². The molecule has 0 rings (SSSR count). The maximum absolute atomic E-state index is 12.9. The SMILES string of the molecule is CC/C=C\C/C=C\C/C=C\C/C=C\C/C=C\CC(=O)OCC(COC(=O)CCCCCCCCCCCCCCCCCCCCC/C=C\C/C=C\CCCCCCC)OC(=O)CCCCCCCCC/C=C\C/C=C\C/C=C\CC. The molecule has 1 atom stereocenters. The van der Waals surface area contributed by atoms with Gasteiger partial charge in [-0.05, 0) is 109 Å². The Hall–Kier alpha value is -4.19. The number of unbranched alkanes of at least 4 members (excludes halogenated alkanes) is 31. The minimum atomic E-state index is -0.827. The van der Waals surface area contributed by atoms with Gasteiger partial charge in [-0.15, -0.1) is 0 Å². The van der Waals surface area contributed by atoms with E-state index in [1.165, 1.54) is 167 Å². The second-order valence-electron chi connectivity index (χ2n) is 22.3. The summed E-state index contributed by atoms with van der Waals surface area (Å²) in [5.41, 5.74) is 0. The first-order valence-corrected chi connectivity index (χ1v) is 34.0. The van der Waals surface area contributed by atoms with Gasteiger partial charge in [0.25, 0.3) is 0 Å². The molecule has 0 N–H and O–H groups in total. The van der Waals surface area contributed by atoms with Gasteiger partial charge in [-0.25, -0.2) is 0 Å². The molecule has 0 aromatic heterocycles. The normalized spacial score (nSPS) is 12.9. The molecule has 81 heavy (non-hydrogen) atoms. The monoisotopic (exact) mass is 1120 g/mol. The third-order valence-electron chi connectivity index (χ3n) is 14.5. The summed E-state index contributed by atoms with van der Waals surface area (Å²) in [6.45, 7) is 6.33. The highest BCUT2D eigenvalue weighted by atomic mass is 16.6. The molecule has 0 amide bonds. The lowest BCUT2D eigenvalue weighted by Gasteiger charge is -2.18. The molecule has 6 nitrogen and oxygen atoms in total. The predicted molar refractivity (Wildman–Crippen MR) is 353 cm³/mol. The summed E-state index contributed by atoms with van der Waals surface area (Å²) in [5, 5.41) is 0. The molecule has 462 valence electrons. The van der Waals surface area contributed by atoms with Gasteiger partial charge in [0.05, 0.1) is 6.42 Å². The van der Waals surface area contributed by atoms with Crippen LogP contribution in [0.2, 0.25) is 0 Å². The summed E-state index contributed by atoms with van der Waals surface area (Å²) in [7, 11) is 0.